The fourth-order valence-corrected chi connectivity index (χ4v) is 5.66. The molecule has 0 bridgehead atoms. The summed E-state index contributed by atoms with van der Waals surface area (Å²) in [6.07, 6.45) is 1.41. The fourth-order valence-electron chi connectivity index (χ4n) is 3.86. The van der Waals surface area contributed by atoms with Crippen LogP contribution in [-0.4, -0.2) is 46.7 Å². The van der Waals surface area contributed by atoms with Crippen molar-refractivity contribution < 1.29 is 27.5 Å². The molecule has 43 heavy (non-hydrogen) atoms. The van der Waals surface area contributed by atoms with Crippen molar-refractivity contribution in [2.24, 2.45) is 5.10 Å². The van der Waals surface area contributed by atoms with Crippen LogP contribution < -0.4 is 24.5 Å². The van der Waals surface area contributed by atoms with Gasteiger partial charge in [0.1, 0.15) is 18.0 Å². The Balaban J connectivity index is 1.35. The summed E-state index contributed by atoms with van der Waals surface area (Å²) in [4.78, 5) is 25.1. The molecule has 0 aromatic heterocycles. The quantitative estimate of drug-likeness (QED) is 0.160. The van der Waals surface area contributed by atoms with Crippen molar-refractivity contribution in [2.45, 2.75) is 11.8 Å². The summed E-state index contributed by atoms with van der Waals surface area (Å²) in [5, 5.41) is 6.70. The minimum Gasteiger partial charge on any atom is -0.495 e. The number of sulfonamides is 1. The van der Waals surface area contributed by atoms with E-state index in [4.69, 9.17) is 9.47 Å². The van der Waals surface area contributed by atoms with Crippen LogP contribution >= 0.6 is 15.9 Å². The number of hydrogen-bond acceptors (Lipinski definition) is 7. The number of carbonyl (C=O) groups excluding carboxylic acids is 2. The SMILES string of the molecule is COc1ccccc1NC(=O)COc1ccc(/C=N\NC(=O)CN(c2cccc(Br)c2)S(=O)(=O)c2ccc(C)cc2)cc1. The number of halogens is 1. The minimum atomic E-state index is -4.05. The zero-order valence-electron chi connectivity index (χ0n) is 23.4. The van der Waals surface area contributed by atoms with Crippen LogP contribution in [0, 0.1) is 6.92 Å². The lowest BCUT2D eigenvalue weighted by atomic mass is 10.2. The number of amides is 2. The highest BCUT2D eigenvalue weighted by molar-refractivity contribution is 9.10. The summed E-state index contributed by atoms with van der Waals surface area (Å²) in [7, 11) is -2.53. The Hall–Kier alpha value is -4.68. The third-order valence-electron chi connectivity index (χ3n) is 6.03. The van der Waals surface area contributed by atoms with Crippen LogP contribution in [0.5, 0.6) is 11.5 Å². The van der Waals surface area contributed by atoms with E-state index in [9.17, 15) is 18.0 Å². The number of benzene rings is 4. The maximum absolute atomic E-state index is 13.5. The smallest absolute Gasteiger partial charge is 0.264 e. The Morgan fingerprint density at radius 3 is 2.35 bits per heavy atom. The van der Waals surface area contributed by atoms with Crippen LogP contribution in [0.25, 0.3) is 0 Å². The van der Waals surface area contributed by atoms with Crippen molar-refractivity contribution in [1.29, 1.82) is 0 Å². The van der Waals surface area contributed by atoms with Gasteiger partial charge >= 0.3 is 0 Å². The van der Waals surface area contributed by atoms with E-state index in [0.717, 1.165) is 9.87 Å². The third kappa shape index (κ3) is 8.66. The highest BCUT2D eigenvalue weighted by atomic mass is 79.9. The van der Waals surface area contributed by atoms with Gasteiger partial charge in [-0.3, -0.25) is 13.9 Å². The number of methoxy groups -OCH3 is 1. The number of ether oxygens (including phenoxy) is 2. The van der Waals surface area contributed by atoms with E-state index in [1.54, 1.807) is 84.9 Å². The lowest BCUT2D eigenvalue weighted by Gasteiger charge is -2.24. The molecule has 0 fully saturated rings. The van der Waals surface area contributed by atoms with Crippen LogP contribution in [0.2, 0.25) is 0 Å². The van der Waals surface area contributed by atoms with Crippen LogP contribution in [0.15, 0.2) is 112 Å². The maximum Gasteiger partial charge on any atom is 0.264 e. The number of rotatable bonds is 12. The predicted octanol–water partition coefficient (Wildman–Crippen LogP) is 5.13. The molecular weight excluding hydrogens is 636 g/mol. The molecule has 4 aromatic rings. The van der Waals surface area contributed by atoms with Crippen molar-refractivity contribution in [1.82, 2.24) is 5.43 Å². The van der Waals surface area contributed by atoms with E-state index in [1.165, 1.54) is 25.5 Å². The van der Waals surface area contributed by atoms with E-state index in [1.807, 2.05) is 6.92 Å². The maximum atomic E-state index is 13.5. The lowest BCUT2D eigenvalue weighted by molar-refractivity contribution is -0.119. The highest BCUT2D eigenvalue weighted by Gasteiger charge is 2.27. The topological polar surface area (TPSA) is 126 Å². The van der Waals surface area contributed by atoms with Crippen LogP contribution in [0.1, 0.15) is 11.1 Å². The number of hydrogen-bond donors (Lipinski definition) is 2. The van der Waals surface area contributed by atoms with Gasteiger partial charge in [-0.15, -0.1) is 0 Å². The Bertz CT molecular complexity index is 1710. The molecule has 0 atom stereocenters. The van der Waals surface area contributed by atoms with Gasteiger partial charge in [0.2, 0.25) is 0 Å². The normalized spacial score (nSPS) is 11.1. The molecule has 0 spiro atoms. The Labute approximate surface area is 258 Å². The van der Waals surface area contributed by atoms with Gasteiger partial charge in [0.15, 0.2) is 6.61 Å². The van der Waals surface area contributed by atoms with Gasteiger partial charge in [-0.25, -0.2) is 13.8 Å². The summed E-state index contributed by atoms with van der Waals surface area (Å²) in [6.45, 7) is 1.16. The van der Waals surface area contributed by atoms with E-state index >= 15 is 0 Å². The summed E-state index contributed by atoms with van der Waals surface area (Å²) < 4.78 is 39.4. The zero-order valence-corrected chi connectivity index (χ0v) is 25.8. The Kier molecular flexibility index (Phi) is 10.5. The Morgan fingerprint density at radius 1 is 0.930 bits per heavy atom. The Morgan fingerprint density at radius 2 is 1.65 bits per heavy atom. The first kappa shape index (κ1) is 31.3. The predicted molar refractivity (Wildman–Crippen MR) is 169 cm³/mol. The molecule has 0 heterocycles. The standard InChI is InChI=1S/C31H29BrN4O6S/c1-22-10-16-27(17-11-22)43(39,40)36(25-7-5-6-24(32)18-25)20-30(37)35-33-19-23-12-14-26(15-13-23)42-21-31(38)34-28-8-3-4-9-29(28)41-2/h3-19H,20-21H2,1-2H3,(H,34,38)(H,35,37)/b33-19-. The monoisotopic (exact) mass is 664 g/mol. The molecule has 0 saturated heterocycles. The van der Waals surface area contributed by atoms with Crippen molar-refractivity contribution in [2.75, 3.05) is 29.9 Å². The zero-order chi connectivity index (χ0) is 30.8. The van der Waals surface area contributed by atoms with Crippen molar-refractivity contribution in [3.63, 3.8) is 0 Å². The minimum absolute atomic E-state index is 0.0639. The largest absolute Gasteiger partial charge is 0.495 e. The van der Waals surface area contributed by atoms with Crippen molar-refractivity contribution >= 4 is 55.4 Å². The molecular formula is C31H29BrN4O6S. The number of anilines is 2. The molecule has 0 aliphatic heterocycles. The van der Waals surface area contributed by atoms with E-state index in [0.29, 0.717) is 32.9 Å². The second-order valence-electron chi connectivity index (χ2n) is 9.20. The van der Waals surface area contributed by atoms with E-state index in [2.05, 4.69) is 31.8 Å². The van der Waals surface area contributed by atoms with Gasteiger partial charge in [-0.2, -0.15) is 5.10 Å². The molecule has 2 amide bonds. The molecule has 222 valence electrons. The number of para-hydroxylation sites is 2. The van der Waals surface area contributed by atoms with E-state index in [-0.39, 0.29) is 17.4 Å². The van der Waals surface area contributed by atoms with Gasteiger partial charge in [-0.05, 0) is 79.2 Å². The average molecular weight is 666 g/mol. The molecule has 4 rings (SSSR count). The first-order valence-electron chi connectivity index (χ1n) is 13.0. The number of nitrogens with zero attached hydrogens (tertiary/aromatic N) is 2. The molecule has 10 nitrogen and oxygen atoms in total. The number of hydrazone groups is 1. The molecule has 4 aromatic carbocycles. The van der Waals surface area contributed by atoms with Gasteiger partial charge in [0.05, 0.1) is 29.6 Å². The summed E-state index contributed by atoms with van der Waals surface area (Å²) in [5.41, 5.74) is 4.80. The fraction of sp³-hybridized carbons (Fsp3) is 0.129. The number of aryl methyl sites for hydroxylation is 1. The van der Waals surface area contributed by atoms with Gasteiger partial charge in [-0.1, -0.05) is 51.8 Å². The van der Waals surface area contributed by atoms with Gasteiger partial charge in [0, 0.05) is 4.47 Å². The second kappa shape index (κ2) is 14.5. The summed E-state index contributed by atoms with van der Waals surface area (Å²) in [5.74, 6) is 0.0229. The first-order chi connectivity index (χ1) is 20.7. The van der Waals surface area contributed by atoms with Crippen LogP contribution in [0.3, 0.4) is 0 Å². The van der Waals surface area contributed by atoms with Crippen LogP contribution in [-0.2, 0) is 19.6 Å². The van der Waals surface area contributed by atoms with Crippen molar-refractivity contribution in [3.05, 3.63) is 113 Å². The molecule has 0 unspecified atom stereocenters. The first-order valence-corrected chi connectivity index (χ1v) is 15.2. The third-order valence-corrected chi connectivity index (χ3v) is 8.31. The number of carbonyl (C=O) groups is 2. The lowest BCUT2D eigenvalue weighted by Crippen LogP contribution is -2.39. The molecule has 2 N–H and O–H groups in total. The van der Waals surface area contributed by atoms with Crippen LogP contribution in [0.4, 0.5) is 11.4 Å². The summed E-state index contributed by atoms with van der Waals surface area (Å²) in [6, 6.07) is 26.8. The van der Waals surface area contributed by atoms with Gasteiger partial charge in [0.25, 0.3) is 21.8 Å². The number of nitrogens with one attached hydrogen (secondary N) is 2. The molecule has 0 aliphatic rings. The average Bonchev–Trinajstić information content (AvgIpc) is 3.00. The molecule has 0 saturated carbocycles. The van der Waals surface area contributed by atoms with Crippen molar-refractivity contribution in [3.8, 4) is 11.5 Å². The highest BCUT2D eigenvalue weighted by Crippen LogP contribution is 2.26. The molecule has 12 heteroatoms. The summed E-state index contributed by atoms with van der Waals surface area (Å²) >= 11 is 3.36. The molecule has 0 radical (unpaired) electrons. The van der Waals surface area contributed by atoms with E-state index < -0.39 is 22.5 Å². The molecule has 0 aliphatic carbocycles. The van der Waals surface area contributed by atoms with Gasteiger partial charge < -0.3 is 14.8 Å². The second-order valence-corrected chi connectivity index (χ2v) is 12.0.